The summed E-state index contributed by atoms with van der Waals surface area (Å²) in [6.07, 6.45) is 2.13. The van der Waals surface area contributed by atoms with Crippen LogP contribution in [0, 0.1) is 5.41 Å². The lowest BCUT2D eigenvalue weighted by molar-refractivity contribution is -0.146. The average molecular weight is 519 g/mol. The maximum absolute atomic E-state index is 12.8. The molecule has 2 amide bonds. The number of nitrogens with one attached hydrogen (secondary N) is 1. The number of carboxylic acids is 1. The fourth-order valence-electron chi connectivity index (χ4n) is 4.25. The molecule has 2 aromatic rings. The van der Waals surface area contributed by atoms with Crippen molar-refractivity contribution in [3.05, 3.63) is 54.1 Å². The SMILES string of the molecule is CN(C(=O)Nc1ccc(-c2ccc(C(=O)CC(C)(C)C(=O)O)cc2)cc1)C1CCC(C)(Cl)CC1Cl. The van der Waals surface area contributed by atoms with Crippen LogP contribution in [0.5, 0.6) is 0 Å². The predicted molar refractivity (Wildman–Crippen MR) is 141 cm³/mol. The number of hydrogen-bond acceptors (Lipinski definition) is 3. The van der Waals surface area contributed by atoms with Gasteiger partial charge in [0.15, 0.2) is 5.78 Å². The molecule has 188 valence electrons. The molecule has 3 unspecified atom stereocenters. The third-order valence-corrected chi connectivity index (χ3v) is 7.46. The number of hydrogen-bond donors (Lipinski definition) is 2. The second-order valence-electron chi connectivity index (χ2n) is 10.2. The van der Waals surface area contributed by atoms with Gasteiger partial charge >= 0.3 is 12.0 Å². The topological polar surface area (TPSA) is 86.7 Å². The van der Waals surface area contributed by atoms with Gasteiger partial charge in [0.2, 0.25) is 0 Å². The number of carbonyl (C=O) groups excluding carboxylic acids is 2. The molecule has 1 aliphatic carbocycles. The second-order valence-corrected chi connectivity index (χ2v) is 11.7. The van der Waals surface area contributed by atoms with Gasteiger partial charge in [-0.15, -0.1) is 23.2 Å². The summed E-state index contributed by atoms with van der Waals surface area (Å²) in [4.78, 5) is 37.8. The lowest BCUT2D eigenvalue weighted by atomic mass is 9.85. The Bertz CT molecular complexity index is 1080. The fraction of sp³-hybridized carbons (Fsp3) is 0.444. The van der Waals surface area contributed by atoms with Crippen LogP contribution in [0.1, 0.15) is 56.8 Å². The Kier molecular flexibility index (Phi) is 8.17. The van der Waals surface area contributed by atoms with E-state index in [0.29, 0.717) is 17.7 Å². The third-order valence-electron chi connectivity index (χ3n) is 6.68. The van der Waals surface area contributed by atoms with Crippen molar-refractivity contribution in [2.75, 3.05) is 12.4 Å². The number of rotatable bonds is 7. The van der Waals surface area contributed by atoms with E-state index in [1.807, 2.05) is 43.3 Å². The minimum atomic E-state index is -1.11. The van der Waals surface area contributed by atoms with Crippen LogP contribution in [0.3, 0.4) is 0 Å². The van der Waals surface area contributed by atoms with E-state index in [0.717, 1.165) is 24.0 Å². The molecular formula is C27H32Cl2N2O4. The third kappa shape index (κ3) is 6.77. The molecule has 3 rings (SSSR count). The van der Waals surface area contributed by atoms with Gasteiger partial charge in [0.25, 0.3) is 0 Å². The Hall–Kier alpha value is -2.57. The van der Waals surface area contributed by atoms with Crippen LogP contribution in [-0.2, 0) is 4.79 Å². The van der Waals surface area contributed by atoms with Gasteiger partial charge in [-0.05, 0) is 63.3 Å². The van der Waals surface area contributed by atoms with E-state index < -0.39 is 11.4 Å². The highest BCUT2D eigenvalue weighted by molar-refractivity contribution is 6.26. The zero-order valence-electron chi connectivity index (χ0n) is 20.5. The molecule has 0 aromatic heterocycles. The summed E-state index contributed by atoms with van der Waals surface area (Å²) >= 11 is 13.0. The molecule has 1 fully saturated rings. The Balaban J connectivity index is 1.61. The fourth-order valence-corrected chi connectivity index (χ4v) is 5.24. The van der Waals surface area contributed by atoms with Gasteiger partial charge in [-0.25, -0.2) is 4.79 Å². The summed E-state index contributed by atoms with van der Waals surface area (Å²) in [5.41, 5.74) is 1.86. The number of ketones is 1. The Morgan fingerprint density at radius 1 is 1.09 bits per heavy atom. The number of aliphatic carboxylic acids is 1. The summed E-state index contributed by atoms with van der Waals surface area (Å²) < 4.78 is 0. The van der Waals surface area contributed by atoms with E-state index in [2.05, 4.69) is 5.32 Å². The molecule has 35 heavy (non-hydrogen) atoms. The van der Waals surface area contributed by atoms with Gasteiger partial charge in [-0.2, -0.15) is 0 Å². The molecule has 8 heteroatoms. The van der Waals surface area contributed by atoms with Crippen molar-refractivity contribution in [2.45, 2.75) is 62.7 Å². The molecule has 0 heterocycles. The molecule has 2 N–H and O–H groups in total. The lowest BCUT2D eigenvalue weighted by Crippen LogP contribution is -2.49. The van der Waals surface area contributed by atoms with Crippen LogP contribution in [0.15, 0.2) is 48.5 Å². The normalized spacial score (nSPS) is 22.3. The van der Waals surface area contributed by atoms with E-state index >= 15 is 0 Å². The standard InChI is InChI=1S/C27H32Cl2N2O4/c1-26(2,24(33)34)16-23(32)19-7-5-17(6-8-19)18-9-11-20(12-10-18)30-25(35)31(4)22-13-14-27(3,29)15-21(22)28/h5-12,21-22H,13-16H2,1-4H3,(H,30,35)(H,33,34). The maximum atomic E-state index is 12.8. The molecule has 0 radical (unpaired) electrons. The highest BCUT2D eigenvalue weighted by atomic mass is 35.5. The minimum absolute atomic E-state index is 0.0684. The quantitative estimate of drug-likeness (QED) is 0.317. The molecular weight excluding hydrogens is 487 g/mol. The van der Waals surface area contributed by atoms with Crippen LogP contribution < -0.4 is 5.32 Å². The number of halogens is 2. The van der Waals surface area contributed by atoms with Crippen molar-refractivity contribution < 1.29 is 19.5 Å². The molecule has 0 spiro atoms. The van der Waals surface area contributed by atoms with E-state index in [-0.39, 0.29) is 34.5 Å². The molecule has 0 bridgehead atoms. The average Bonchev–Trinajstić information content (AvgIpc) is 2.78. The van der Waals surface area contributed by atoms with Gasteiger partial charge in [-0.3, -0.25) is 9.59 Å². The van der Waals surface area contributed by atoms with Crippen LogP contribution in [0.25, 0.3) is 11.1 Å². The molecule has 3 atom stereocenters. The molecule has 1 aliphatic rings. The van der Waals surface area contributed by atoms with Crippen molar-refractivity contribution in [1.29, 1.82) is 0 Å². The summed E-state index contributed by atoms with van der Waals surface area (Å²) in [7, 11) is 1.75. The van der Waals surface area contributed by atoms with Crippen LogP contribution >= 0.6 is 23.2 Å². The molecule has 6 nitrogen and oxygen atoms in total. The Morgan fingerprint density at radius 2 is 1.63 bits per heavy atom. The van der Waals surface area contributed by atoms with Crippen molar-refractivity contribution in [1.82, 2.24) is 4.90 Å². The van der Waals surface area contributed by atoms with Gasteiger partial charge in [-0.1, -0.05) is 36.4 Å². The van der Waals surface area contributed by atoms with Crippen LogP contribution in [-0.4, -0.2) is 51.1 Å². The molecule has 0 aliphatic heterocycles. The van der Waals surface area contributed by atoms with Crippen molar-refractivity contribution in [2.24, 2.45) is 5.41 Å². The van der Waals surface area contributed by atoms with E-state index in [4.69, 9.17) is 23.2 Å². The number of alkyl halides is 2. The lowest BCUT2D eigenvalue weighted by Gasteiger charge is -2.40. The second kappa shape index (κ2) is 10.6. The number of amides is 2. The summed E-state index contributed by atoms with van der Waals surface area (Å²) in [5.74, 6) is -1.21. The van der Waals surface area contributed by atoms with Gasteiger partial charge in [0.1, 0.15) is 0 Å². The van der Waals surface area contributed by atoms with Gasteiger partial charge in [0, 0.05) is 35.6 Å². The Morgan fingerprint density at radius 3 is 2.14 bits per heavy atom. The van der Waals surface area contributed by atoms with Crippen molar-refractivity contribution in [3.63, 3.8) is 0 Å². The number of carboxylic acid groups (broad SMARTS) is 1. The first-order chi connectivity index (χ1) is 16.3. The maximum Gasteiger partial charge on any atom is 0.321 e. The predicted octanol–water partition coefficient (Wildman–Crippen LogP) is 6.66. The smallest absolute Gasteiger partial charge is 0.321 e. The first-order valence-corrected chi connectivity index (χ1v) is 12.4. The number of benzene rings is 2. The number of Topliss-reactive ketones (excluding diaryl/α,β-unsaturated/α-hetero) is 1. The molecule has 0 saturated heterocycles. The molecule has 1 saturated carbocycles. The largest absolute Gasteiger partial charge is 0.481 e. The number of anilines is 1. The minimum Gasteiger partial charge on any atom is -0.481 e. The van der Waals surface area contributed by atoms with Crippen LogP contribution in [0.4, 0.5) is 10.5 Å². The van der Waals surface area contributed by atoms with Gasteiger partial charge < -0.3 is 15.3 Å². The Labute approximate surface area is 216 Å². The van der Waals surface area contributed by atoms with Crippen molar-refractivity contribution in [3.8, 4) is 11.1 Å². The van der Waals surface area contributed by atoms with Crippen molar-refractivity contribution >= 4 is 46.7 Å². The van der Waals surface area contributed by atoms with Gasteiger partial charge in [0.05, 0.1) is 10.8 Å². The van der Waals surface area contributed by atoms with E-state index in [9.17, 15) is 19.5 Å². The highest BCUT2D eigenvalue weighted by Gasteiger charge is 2.38. The van der Waals surface area contributed by atoms with Crippen LogP contribution in [0.2, 0.25) is 0 Å². The zero-order valence-corrected chi connectivity index (χ0v) is 22.0. The number of carbonyl (C=O) groups is 3. The first-order valence-electron chi connectivity index (χ1n) is 11.6. The number of nitrogens with zero attached hydrogens (tertiary/aromatic N) is 1. The van der Waals surface area contributed by atoms with E-state index in [1.54, 1.807) is 24.1 Å². The van der Waals surface area contributed by atoms with E-state index in [1.165, 1.54) is 13.8 Å². The number of urea groups is 1. The zero-order chi connectivity index (χ0) is 26.0. The monoisotopic (exact) mass is 518 g/mol. The molecule has 2 aromatic carbocycles. The summed E-state index contributed by atoms with van der Waals surface area (Å²) in [6.45, 7) is 5.06. The summed E-state index contributed by atoms with van der Waals surface area (Å²) in [6, 6.07) is 14.2. The summed E-state index contributed by atoms with van der Waals surface area (Å²) in [5, 5.41) is 12.0. The highest BCUT2D eigenvalue weighted by Crippen LogP contribution is 2.38. The first kappa shape index (κ1) is 27.0.